The number of amides is 2. The van der Waals surface area contributed by atoms with E-state index in [0.29, 0.717) is 16.2 Å². The van der Waals surface area contributed by atoms with Crippen LogP contribution in [0.3, 0.4) is 0 Å². The summed E-state index contributed by atoms with van der Waals surface area (Å²) in [5, 5.41) is 12.5. The van der Waals surface area contributed by atoms with Gasteiger partial charge in [-0.05, 0) is 30.2 Å². The van der Waals surface area contributed by atoms with Crippen LogP contribution in [-0.4, -0.2) is 39.5 Å². The van der Waals surface area contributed by atoms with E-state index in [1.807, 2.05) is 42.5 Å². The van der Waals surface area contributed by atoms with Crippen molar-refractivity contribution in [3.05, 3.63) is 70.9 Å². The Morgan fingerprint density at radius 2 is 1.89 bits per heavy atom. The van der Waals surface area contributed by atoms with Gasteiger partial charge in [0.2, 0.25) is 5.91 Å². The first-order valence-corrected chi connectivity index (χ1v) is 12.0. The summed E-state index contributed by atoms with van der Waals surface area (Å²) >= 11 is 1.30. The van der Waals surface area contributed by atoms with E-state index in [1.165, 1.54) is 28.7 Å². The first-order chi connectivity index (χ1) is 17.0. The smallest absolute Gasteiger partial charge is 0.307 e. The van der Waals surface area contributed by atoms with E-state index in [0.717, 1.165) is 17.6 Å². The molecule has 4 aromatic rings. The van der Waals surface area contributed by atoms with Crippen LogP contribution in [0.15, 0.2) is 53.9 Å². The number of anilines is 2. The number of esters is 1. The molecule has 10 heteroatoms. The van der Waals surface area contributed by atoms with Crippen molar-refractivity contribution < 1.29 is 19.1 Å². The summed E-state index contributed by atoms with van der Waals surface area (Å²) < 4.78 is 5.29. The minimum absolute atomic E-state index is 0.00837. The van der Waals surface area contributed by atoms with E-state index in [-0.39, 0.29) is 37.1 Å². The van der Waals surface area contributed by atoms with Gasteiger partial charge in [0.15, 0.2) is 10.8 Å². The molecular weight excluding hydrogens is 466 g/mol. The number of nitrogens with one attached hydrogen (secondary N) is 2. The van der Waals surface area contributed by atoms with Crippen molar-refractivity contribution in [2.75, 3.05) is 11.4 Å². The Balaban J connectivity index is 1.28. The number of thiazole rings is 1. The standard InChI is InChI=1S/C25H25N5O4S/c1-3-17-8-10-19(11-9-17)30(16(2)31)25-27-18(15-35-25)14-34-22(32)12-13-26-24(33)23-20-6-4-5-7-21(20)28-29-23/h4-11,15H,3,12-14H2,1-2H3,(H,26,33)(H,28,29). The summed E-state index contributed by atoms with van der Waals surface area (Å²) in [6.07, 6.45) is 0.922. The zero-order valence-electron chi connectivity index (χ0n) is 19.4. The number of para-hydroxylation sites is 1. The van der Waals surface area contributed by atoms with Gasteiger partial charge in [-0.15, -0.1) is 11.3 Å². The number of aromatic nitrogens is 3. The Bertz CT molecular complexity index is 1350. The molecule has 2 amide bonds. The number of aromatic amines is 1. The van der Waals surface area contributed by atoms with Gasteiger partial charge in [-0.2, -0.15) is 5.10 Å². The number of hydrogen-bond acceptors (Lipinski definition) is 7. The predicted molar refractivity (Wildman–Crippen MR) is 134 cm³/mol. The third-order valence-corrected chi connectivity index (χ3v) is 6.20. The van der Waals surface area contributed by atoms with E-state index in [4.69, 9.17) is 4.74 Å². The van der Waals surface area contributed by atoms with E-state index < -0.39 is 5.97 Å². The molecule has 2 aromatic carbocycles. The molecule has 9 nitrogen and oxygen atoms in total. The zero-order chi connectivity index (χ0) is 24.8. The van der Waals surface area contributed by atoms with Crippen LogP contribution < -0.4 is 10.2 Å². The van der Waals surface area contributed by atoms with Gasteiger partial charge in [0.05, 0.1) is 23.3 Å². The fraction of sp³-hybridized carbons (Fsp3) is 0.240. The second-order valence-electron chi connectivity index (χ2n) is 7.78. The number of hydrogen-bond donors (Lipinski definition) is 2. The lowest BCUT2D eigenvalue weighted by atomic mass is 10.1. The monoisotopic (exact) mass is 491 g/mol. The molecule has 0 aliphatic carbocycles. The fourth-order valence-electron chi connectivity index (χ4n) is 3.50. The topological polar surface area (TPSA) is 117 Å². The van der Waals surface area contributed by atoms with Crippen LogP contribution in [0.2, 0.25) is 0 Å². The minimum atomic E-state index is -0.467. The molecule has 0 saturated carbocycles. The van der Waals surface area contributed by atoms with Gasteiger partial charge in [0, 0.05) is 24.2 Å². The quantitative estimate of drug-likeness (QED) is 0.340. The van der Waals surface area contributed by atoms with Crippen LogP contribution >= 0.6 is 11.3 Å². The molecule has 4 rings (SSSR count). The number of H-pyrrole nitrogens is 1. The average Bonchev–Trinajstić information content (AvgIpc) is 3.50. The second kappa shape index (κ2) is 10.9. The lowest BCUT2D eigenvalue weighted by Gasteiger charge is -2.18. The van der Waals surface area contributed by atoms with Crippen molar-refractivity contribution in [1.82, 2.24) is 20.5 Å². The van der Waals surface area contributed by atoms with Crippen molar-refractivity contribution >= 4 is 50.8 Å². The number of fused-ring (bicyclic) bond motifs is 1. The molecule has 0 aliphatic rings. The third kappa shape index (κ3) is 5.72. The van der Waals surface area contributed by atoms with E-state index in [1.54, 1.807) is 11.4 Å². The molecule has 2 aromatic heterocycles. The van der Waals surface area contributed by atoms with Crippen LogP contribution in [-0.2, 0) is 27.4 Å². The van der Waals surface area contributed by atoms with Crippen molar-refractivity contribution in [1.29, 1.82) is 0 Å². The maximum absolute atomic E-state index is 12.4. The molecule has 2 heterocycles. The fourth-order valence-corrected chi connectivity index (χ4v) is 4.37. The van der Waals surface area contributed by atoms with Crippen molar-refractivity contribution in [2.24, 2.45) is 0 Å². The number of rotatable bonds is 9. The number of carbonyl (C=O) groups excluding carboxylic acids is 3. The number of nitrogens with zero attached hydrogens (tertiary/aromatic N) is 3. The normalized spacial score (nSPS) is 10.8. The summed E-state index contributed by atoms with van der Waals surface area (Å²) in [7, 11) is 0. The van der Waals surface area contributed by atoms with E-state index in [9.17, 15) is 14.4 Å². The molecule has 0 unspecified atom stereocenters. The van der Waals surface area contributed by atoms with Gasteiger partial charge in [-0.3, -0.25) is 24.4 Å². The number of carbonyl (C=O) groups is 3. The van der Waals surface area contributed by atoms with Crippen LogP contribution in [0.4, 0.5) is 10.8 Å². The van der Waals surface area contributed by atoms with Crippen LogP contribution in [0.25, 0.3) is 10.9 Å². The number of ether oxygens (including phenoxy) is 1. The summed E-state index contributed by atoms with van der Waals surface area (Å²) in [5.41, 5.74) is 3.50. The highest BCUT2D eigenvalue weighted by Gasteiger charge is 2.19. The van der Waals surface area contributed by atoms with Crippen molar-refractivity contribution in [2.45, 2.75) is 33.3 Å². The summed E-state index contributed by atoms with van der Waals surface area (Å²) in [4.78, 5) is 42.8. The molecule has 2 N–H and O–H groups in total. The van der Waals surface area contributed by atoms with E-state index >= 15 is 0 Å². The van der Waals surface area contributed by atoms with Crippen molar-refractivity contribution in [3.8, 4) is 0 Å². The molecular formula is C25H25N5O4S. The molecule has 0 spiro atoms. The zero-order valence-corrected chi connectivity index (χ0v) is 20.2. The number of aryl methyl sites for hydroxylation is 1. The Labute approximate surface area is 206 Å². The van der Waals surface area contributed by atoms with Gasteiger partial charge >= 0.3 is 5.97 Å². The molecule has 0 fully saturated rings. The van der Waals surface area contributed by atoms with Crippen LogP contribution in [0, 0.1) is 0 Å². The Morgan fingerprint density at radius 1 is 1.11 bits per heavy atom. The van der Waals surface area contributed by atoms with Gasteiger partial charge in [0.1, 0.15) is 6.61 Å². The highest BCUT2D eigenvalue weighted by atomic mass is 32.1. The molecule has 0 bridgehead atoms. The second-order valence-corrected chi connectivity index (χ2v) is 8.62. The molecule has 180 valence electrons. The van der Waals surface area contributed by atoms with Gasteiger partial charge in [-0.1, -0.05) is 37.3 Å². The van der Waals surface area contributed by atoms with Crippen LogP contribution in [0.1, 0.15) is 42.0 Å². The maximum Gasteiger partial charge on any atom is 0.307 e. The first-order valence-electron chi connectivity index (χ1n) is 11.2. The summed E-state index contributed by atoms with van der Waals surface area (Å²) in [6, 6.07) is 15.1. The average molecular weight is 492 g/mol. The van der Waals surface area contributed by atoms with Crippen LogP contribution in [0.5, 0.6) is 0 Å². The Hall–Kier alpha value is -4.05. The first kappa shape index (κ1) is 24.1. The number of benzene rings is 2. The van der Waals surface area contributed by atoms with E-state index in [2.05, 4.69) is 27.4 Å². The maximum atomic E-state index is 12.4. The molecule has 35 heavy (non-hydrogen) atoms. The third-order valence-electron chi connectivity index (χ3n) is 5.33. The SMILES string of the molecule is CCc1ccc(N(C(C)=O)c2nc(COC(=O)CCNC(=O)c3n[nH]c4ccccc34)cs2)cc1. The summed E-state index contributed by atoms with van der Waals surface area (Å²) in [6.45, 7) is 3.65. The largest absolute Gasteiger partial charge is 0.459 e. The Morgan fingerprint density at radius 3 is 2.63 bits per heavy atom. The highest BCUT2D eigenvalue weighted by molar-refractivity contribution is 7.14. The predicted octanol–water partition coefficient (Wildman–Crippen LogP) is 4.13. The van der Waals surface area contributed by atoms with Gasteiger partial charge in [-0.25, -0.2) is 4.98 Å². The minimum Gasteiger partial charge on any atom is -0.459 e. The highest BCUT2D eigenvalue weighted by Crippen LogP contribution is 2.29. The van der Waals surface area contributed by atoms with Crippen molar-refractivity contribution in [3.63, 3.8) is 0 Å². The lowest BCUT2D eigenvalue weighted by Crippen LogP contribution is -2.27. The van der Waals surface area contributed by atoms with Gasteiger partial charge < -0.3 is 10.1 Å². The van der Waals surface area contributed by atoms with Gasteiger partial charge in [0.25, 0.3) is 5.91 Å². The molecule has 0 saturated heterocycles. The summed E-state index contributed by atoms with van der Waals surface area (Å²) in [5.74, 6) is -0.992. The Kier molecular flexibility index (Phi) is 7.51. The molecule has 0 radical (unpaired) electrons. The lowest BCUT2D eigenvalue weighted by molar-refractivity contribution is -0.144. The molecule has 0 aliphatic heterocycles. The molecule has 0 atom stereocenters.